The highest BCUT2D eigenvalue weighted by atomic mass is 15.3. The van der Waals surface area contributed by atoms with E-state index in [-0.39, 0.29) is 0 Å². The number of hydrazine groups is 1. The molecule has 0 bridgehead atoms. The van der Waals surface area contributed by atoms with Crippen molar-refractivity contribution in [1.82, 2.24) is 9.97 Å². The first-order chi connectivity index (χ1) is 9.28. The summed E-state index contributed by atoms with van der Waals surface area (Å²) in [6.07, 6.45) is 0. The molecule has 2 aromatic carbocycles. The zero-order valence-electron chi connectivity index (χ0n) is 10.6. The molecule has 0 fully saturated rings. The minimum absolute atomic E-state index is 0.587. The molecule has 0 atom stereocenters. The van der Waals surface area contributed by atoms with Gasteiger partial charge < -0.3 is 5.43 Å². The quantitative estimate of drug-likeness (QED) is 0.542. The van der Waals surface area contributed by atoms with Gasteiger partial charge in [0.2, 0.25) is 0 Å². The second-order valence-electron chi connectivity index (χ2n) is 4.42. The van der Waals surface area contributed by atoms with Gasteiger partial charge in [-0.3, -0.25) is 0 Å². The molecule has 0 spiro atoms. The lowest BCUT2D eigenvalue weighted by molar-refractivity contribution is 1.21. The van der Waals surface area contributed by atoms with Crippen LogP contribution >= 0.6 is 0 Å². The first kappa shape index (κ1) is 11.6. The van der Waals surface area contributed by atoms with Gasteiger partial charge in [0.05, 0.1) is 11.0 Å². The van der Waals surface area contributed by atoms with Crippen LogP contribution in [-0.2, 0) is 0 Å². The Morgan fingerprint density at radius 1 is 0.947 bits per heavy atom. The van der Waals surface area contributed by atoms with Crippen molar-refractivity contribution < 1.29 is 0 Å². The molecular weight excluding hydrogens is 236 g/mol. The van der Waals surface area contributed by atoms with Crippen LogP contribution in [0, 0.1) is 6.92 Å². The number of rotatable bonds is 2. The Bertz CT molecular complexity index is 723. The van der Waals surface area contributed by atoms with Gasteiger partial charge in [0.25, 0.3) is 0 Å². The number of hydrogen-bond donors (Lipinski definition) is 2. The van der Waals surface area contributed by atoms with Gasteiger partial charge in [-0.15, -0.1) is 0 Å². The first-order valence-electron chi connectivity index (χ1n) is 6.08. The zero-order valence-corrected chi connectivity index (χ0v) is 10.6. The van der Waals surface area contributed by atoms with Gasteiger partial charge in [-0.05, 0) is 24.6 Å². The number of hydrogen-bond acceptors (Lipinski definition) is 4. The van der Waals surface area contributed by atoms with Crippen molar-refractivity contribution in [2.24, 2.45) is 5.84 Å². The normalized spacial score (nSPS) is 10.6. The molecule has 4 heteroatoms. The molecule has 0 saturated carbocycles. The van der Waals surface area contributed by atoms with Gasteiger partial charge in [0.1, 0.15) is 5.69 Å². The molecule has 0 amide bonds. The topological polar surface area (TPSA) is 63.8 Å². The van der Waals surface area contributed by atoms with Gasteiger partial charge in [-0.2, -0.15) is 0 Å². The molecule has 4 nitrogen and oxygen atoms in total. The van der Waals surface area contributed by atoms with Crippen molar-refractivity contribution in [2.75, 3.05) is 5.43 Å². The van der Waals surface area contributed by atoms with Crippen molar-refractivity contribution in [3.05, 3.63) is 54.1 Å². The molecule has 94 valence electrons. The van der Waals surface area contributed by atoms with E-state index in [4.69, 9.17) is 5.84 Å². The molecule has 19 heavy (non-hydrogen) atoms. The summed E-state index contributed by atoms with van der Waals surface area (Å²) in [7, 11) is 0. The third kappa shape index (κ3) is 2.13. The van der Waals surface area contributed by atoms with E-state index >= 15 is 0 Å². The van der Waals surface area contributed by atoms with Crippen molar-refractivity contribution in [2.45, 2.75) is 6.92 Å². The summed E-state index contributed by atoms with van der Waals surface area (Å²) in [5.41, 5.74) is 7.24. The summed E-state index contributed by atoms with van der Waals surface area (Å²) in [5.74, 6) is 6.15. The number of aromatic nitrogens is 2. The summed E-state index contributed by atoms with van der Waals surface area (Å²) < 4.78 is 0. The maximum Gasteiger partial charge on any atom is 0.167 e. The van der Waals surface area contributed by atoms with Crippen LogP contribution in [0.5, 0.6) is 0 Å². The predicted octanol–water partition coefficient (Wildman–Crippen LogP) is 2.89. The smallest absolute Gasteiger partial charge is 0.167 e. The molecule has 1 aromatic heterocycles. The second-order valence-corrected chi connectivity index (χ2v) is 4.42. The number of nitrogens with one attached hydrogen (secondary N) is 1. The van der Waals surface area contributed by atoms with Gasteiger partial charge >= 0.3 is 0 Å². The zero-order chi connectivity index (χ0) is 13.2. The number of nitrogen functional groups attached to an aromatic ring is 1. The van der Waals surface area contributed by atoms with Crippen LogP contribution in [-0.4, -0.2) is 9.97 Å². The molecule has 0 aliphatic rings. The standard InChI is InChI=1S/C15H14N4/c1-10-7-8-12-13(9-10)18-15(19-16)14(17-12)11-5-3-2-4-6-11/h2-9H,16H2,1H3,(H,18,19). The molecule has 0 unspecified atom stereocenters. The van der Waals surface area contributed by atoms with Crippen molar-refractivity contribution >= 4 is 16.9 Å². The largest absolute Gasteiger partial charge is 0.307 e. The minimum atomic E-state index is 0.587. The Labute approximate surface area is 111 Å². The maximum atomic E-state index is 5.56. The van der Waals surface area contributed by atoms with E-state index in [1.807, 2.05) is 55.5 Å². The fraction of sp³-hybridized carbons (Fsp3) is 0.0667. The van der Waals surface area contributed by atoms with Crippen molar-refractivity contribution in [3.63, 3.8) is 0 Å². The number of aryl methyl sites for hydroxylation is 1. The van der Waals surface area contributed by atoms with Gasteiger partial charge in [-0.1, -0.05) is 36.4 Å². The summed E-state index contributed by atoms with van der Waals surface area (Å²) in [5, 5.41) is 0. The van der Waals surface area contributed by atoms with Crippen LogP contribution < -0.4 is 11.3 Å². The minimum Gasteiger partial charge on any atom is -0.307 e. The Kier molecular flexibility index (Phi) is 2.85. The number of anilines is 1. The van der Waals surface area contributed by atoms with Gasteiger partial charge in [0, 0.05) is 5.56 Å². The number of nitrogens with two attached hydrogens (primary N) is 1. The monoisotopic (exact) mass is 250 g/mol. The van der Waals surface area contributed by atoms with Crippen molar-refractivity contribution in [3.8, 4) is 11.3 Å². The van der Waals surface area contributed by atoms with E-state index in [1.165, 1.54) is 0 Å². The molecule has 3 aromatic rings. The molecule has 0 radical (unpaired) electrons. The van der Waals surface area contributed by atoms with E-state index in [1.54, 1.807) is 0 Å². The summed E-state index contributed by atoms with van der Waals surface area (Å²) in [6.45, 7) is 2.03. The van der Waals surface area contributed by atoms with Crippen LogP contribution in [0.25, 0.3) is 22.3 Å². The van der Waals surface area contributed by atoms with Crippen LogP contribution in [0.3, 0.4) is 0 Å². The summed E-state index contributed by atoms with van der Waals surface area (Å²) >= 11 is 0. The first-order valence-corrected chi connectivity index (χ1v) is 6.08. The Balaban J connectivity index is 2.27. The lowest BCUT2D eigenvalue weighted by Crippen LogP contribution is -2.11. The molecule has 0 saturated heterocycles. The fourth-order valence-corrected chi connectivity index (χ4v) is 2.06. The van der Waals surface area contributed by atoms with E-state index in [0.717, 1.165) is 27.9 Å². The highest BCUT2D eigenvalue weighted by Crippen LogP contribution is 2.26. The average Bonchev–Trinajstić information content (AvgIpc) is 2.46. The predicted molar refractivity (Wildman–Crippen MR) is 77.5 cm³/mol. The third-order valence-corrected chi connectivity index (χ3v) is 3.00. The third-order valence-electron chi connectivity index (χ3n) is 3.00. The number of benzene rings is 2. The molecule has 0 aliphatic heterocycles. The molecular formula is C15H14N4. The maximum absolute atomic E-state index is 5.56. The SMILES string of the molecule is Cc1ccc2nc(-c3ccccc3)c(NN)nc2c1. The molecule has 0 aliphatic carbocycles. The van der Waals surface area contributed by atoms with Crippen LogP contribution in [0.4, 0.5) is 5.82 Å². The Morgan fingerprint density at radius 2 is 1.74 bits per heavy atom. The van der Waals surface area contributed by atoms with Gasteiger partial charge in [-0.25, -0.2) is 15.8 Å². The van der Waals surface area contributed by atoms with E-state index in [0.29, 0.717) is 5.82 Å². The highest BCUT2D eigenvalue weighted by Gasteiger charge is 2.09. The lowest BCUT2D eigenvalue weighted by atomic mass is 10.1. The Hall–Kier alpha value is -2.46. The van der Waals surface area contributed by atoms with E-state index in [9.17, 15) is 0 Å². The number of fused-ring (bicyclic) bond motifs is 1. The molecule has 3 rings (SSSR count). The van der Waals surface area contributed by atoms with Crippen LogP contribution in [0.15, 0.2) is 48.5 Å². The number of nitrogens with zero attached hydrogens (tertiary/aromatic N) is 2. The van der Waals surface area contributed by atoms with Gasteiger partial charge in [0.15, 0.2) is 5.82 Å². The second kappa shape index (κ2) is 4.66. The van der Waals surface area contributed by atoms with Crippen LogP contribution in [0.2, 0.25) is 0 Å². The highest BCUT2D eigenvalue weighted by molar-refractivity contribution is 5.83. The summed E-state index contributed by atoms with van der Waals surface area (Å²) in [4.78, 5) is 9.18. The summed E-state index contributed by atoms with van der Waals surface area (Å²) in [6, 6.07) is 15.9. The molecule has 1 heterocycles. The van der Waals surface area contributed by atoms with E-state index in [2.05, 4.69) is 15.4 Å². The molecule has 3 N–H and O–H groups in total. The van der Waals surface area contributed by atoms with Crippen molar-refractivity contribution in [1.29, 1.82) is 0 Å². The lowest BCUT2D eigenvalue weighted by Gasteiger charge is -2.09. The Morgan fingerprint density at radius 3 is 2.47 bits per heavy atom. The van der Waals surface area contributed by atoms with E-state index < -0.39 is 0 Å². The van der Waals surface area contributed by atoms with Crippen LogP contribution in [0.1, 0.15) is 5.56 Å². The average molecular weight is 250 g/mol. The fourth-order valence-electron chi connectivity index (χ4n) is 2.06.